The molecule has 1 N–H and O–H groups in total. The summed E-state index contributed by atoms with van der Waals surface area (Å²) in [5, 5.41) is 3.25. The van der Waals surface area contributed by atoms with Gasteiger partial charge in [0.25, 0.3) is 0 Å². The van der Waals surface area contributed by atoms with Gasteiger partial charge in [0.2, 0.25) is 0 Å². The van der Waals surface area contributed by atoms with Gasteiger partial charge in [-0.25, -0.2) is 9.97 Å². The summed E-state index contributed by atoms with van der Waals surface area (Å²) in [6.07, 6.45) is 6.31. The molecule has 0 saturated heterocycles. The highest BCUT2D eigenvalue weighted by molar-refractivity contribution is 5.61. The summed E-state index contributed by atoms with van der Waals surface area (Å²) in [7, 11) is 0. The van der Waals surface area contributed by atoms with Crippen molar-refractivity contribution in [3.63, 3.8) is 0 Å². The molecule has 0 atom stereocenters. The van der Waals surface area contributed by atoms with E-state index in [2.05, 4.69) is 33.3 Å². The molecule has 2 aromatic rings. The van der Waals surface area contributed by atoms with E-state index in [1.54, 1.807) is 6.33 Å². The van der Waals surface area contributed by atoms with E-state index in [0.29, 0.717) is 0 Å². The Morgan fingerprint density at radius 2 is 2.06 bits per heavy atom. The fourth-order valence-electron chi connectivity index (χ4n) is 1.56. The molecule has 2 rings (SSSR count). The van der Waals surface area contributed by atoms with Crippen molar-refractivity contribution < 1.29 is 0 Å². The van der Waals surface area contributed by atoms with Crippen LogP contribution < -0.4 is 5.32 Å². The highest BCUT2D eigenvalue weighted by Crippen LogP contribution is 2.18. The molecule has 0 spiro atoms. The Morgan fingerprint density at radius 3 is 2.82 bits per heavy atom. The van der Waals surface area contributed by atoms with Crippen molar-refractivity contribution in [2.45, 2.75) is 20.3 Å². The van der Waals surface area contributed by atoms with Crippen molar-refractivity contribution in [2.24, 2.45) is 0 Å². The van der Waals surface area contributed by atoms with E-state index in [9.17, 15) is 0 Å². The molecule has 0 aliphatic heterocycles. The molecule has 0 fully saturated rings. The number of nitrogens with zero attached hydrogens (tertiary/aromatic N) is 3. The minimum absolute atomic E-state index is 0.860. The molecule has 0 bridgehead atoms. The van der Waals surface area contributed by atoms with Crippen LogP contribution in [0.3, 0.4) is 0 Å². The van der Waals surface area contributed by atoms with Crippen LogP contribution in [-0.2, 0) is 0 Å². The van der Waals surface area contributed by atoms with Gasteiger partial charge in [-0.3, -0.25) is 4.98 Å². The molecule has 88 valence electrons. The van der Waals surface area contributed by atoms with Crippen molar-refractivity contribution >= 4 is 5.82 Å². The third-order valence-electron chi connectivity index (χ3n) is 2.39. The van der Waals surface area contributed by atoms with Gasteiger partial charge >= 0.3 is 0 Å². The third kappa shape index (κ3) is 3.00. The minimum atomic E-state index is 0.860. The van der Waals surface area contributed by atoms with Gasteiger partial charge in [0.1, 0.15) is 12.1 Å². The molecule has 0 radical (unpaired) electrons. The predicted molar refractivity (Wildman–Crippen MR) is 68.8 cm³/mol. The molecule has 2 heterocycles. The first-order valence-corrected chi connectivity index (χ1v) is 5.77. The second kappa shape index (κ2) is 5.39. The number of hydrogen-bond acceptors (Lipinski definition) is 4. The van der Waals surface area contributed by atoms with Gasteiger partial charge in [-0.15, -0.1) is 0 Å². The molecule has 0 saturated carbocycles. The summed E-state index contributed by atoms with van der Waals surface area (Å²) in [4.78, 5) is 12.6. The topological polar surface area (TPSA) is 50.7 Å². The Labute approximate surface area is 101 Å². The van der Waals surface area contributed by atoms with Gasteiger partial charge in [0, 0.05) is 30.6 Å². The Morgan fingerprint density at radius 1 is 1.18 bits per heavy atom. The van der Waals surface area contributed by atoms with E-state index in [4.69, 9.17) is 0 Å². The summed E-state index contributed by atoms with van der Waals surface area (Å²) in [5.41, 5.74) is 3.05. The normalized spacial score (nSPS) is 10.2. The lowest BCUT2D eigenvalue weighted by molar-refractivity contribution is 0.965. The lowest BCUT2D eigenvalue weighted by Crippen LogP contribution is -2.02. The van der Waals surface area contributed by atoms with Gasteiger partial charge in [-0.05, 0) is 25.0 Å². The van der Waals surface area contributed by atoms with Crippen LogP contribution in [-0.4, -0.2) is 21.5 Å². The van der Waals surface area contributed by atoms with Crippen molar-refractivity contribution in [1.82, 2.24) is 15.0 Å². The van der Waals surface area contributed by atoms with Gasteiger partial charge < -0.3 is 5.32 Å². The van der Waals surface area contributed by atoms with Crippen molar-refractivity contribution in [3.05, 3.63) is 36.4 Å². The molecular weight excluding hydrogens is 212 g/mol. The summed E-state index contributed by atoms with van der Waals surface area (Å²) in [5.74, 6) is 0.860. The van der Waals surface area contributed by atoms with E-state index in [0.717, 1.165) is 35.6 Å². The van der Waals surface area contributed by atoms with E-state index in [1.165, 1.54) is 0 Å². The number of nitrogens with one attached hydrogen (secondary N) is 1. The molecule has 4 heteroatoms. The fourth-order valence-corrected chi connectivity index (χ4v) is 1.56. The van der Waals surface area contributed by atoms with Crippen LogP contribution in [0.4, 0.5) is 5.82 Å². The average molecular weight is 228 g/mol. The summed E-state index contributed by atoms with van der Waals surface area (Å²) >= 11 is 0. The standard InChI is InChI=1S/C13H16N4/c1-3-4-15-13-6-12(16-9-17-13)11-5-10(2)7-14-8-11/h5-9H,3-4H2,1-2H3,(H,15,16,17). The molecule has 0 amide bonds. The fraction of sp³-hybridized carbons (Fsp3) is 0.308. The molecule has 17 heavy (non-hydrogen) atoms. The van der Waals surface area contributed by atoms with Crippen LogP contribution in [0.25, 0.3) is 11.3 Å². The quantitative estimate of drug-likeness (QED) is 0.874. The van der Waals surface area contributed by atoms with Crippen LogP contribution in [0.5, 0.6) is 0 Å². The number of anilines is 1. The van der Waals surface area contributed by atoms with Gasteiger partial charge in [0.05, 0.1) is 5.69 Å². The van der Waals surface area contributed by atoms with Crippen LogP contribution in [0.2, 0.25) is 0 Å². The minimum Gasteiger partial charge on any atom is -0.370 e. The Balaban J connectivity index is 2.26. The number of hydrogen-bond donors (Lipinski definition) is 1. The molecule has 4 nitrogen and oxygen atoms in total. The zero-order valence-corrected chi connectivity index (χ0v) is 10.1. The van der Waals surface area contributed by atoms with Crippen LogP contribution in [0.15, 0.2) is 30.9 Å². The van der Waals surface area contributed by atoms with E-state index < -0.39 is 0 Å². The maximum atomic E-state index is 4.27. The maximum absolute atomic E-state index is 4.27. The lowest BCUT2D eigenvalue weighted by atomic mass is 10.1. The smallest absolute Gasteiger partial charge is 0.129 e. The largest absolute Gasteiger partial charge is 0.370 e. The number of aromatic nitrogens is 3. The maximum Gasteiger partial charge on any atom is 0.129 e. The first-order valence-electron chi connectivity index (χ1n) is 5.77. The Kier molecular flexibility index (Phi) is 3.65. The lowest BCUT2D eigenvalue weighted by Gasteiger charge is -2.05. The molecule has 0 aromatic carbocycles. The summed E-state index contributed by atoms with van der Waals surface area (Å²) in [6.45, 7) is 5.07. The zero-order valence-electron chi connectivity index (χ0n) is 10.1. The van der Waals surface area contributed by atoms with Crippen molar-refractivity contribution in [2.75, 3.05) is 11.9 Å². The molecular formula is C13H16N4. The SMILES string of the molecule is CCCNc1cc(-c2cncc(C)c2)ncn1. The highest BCUT2D eigenvalue weighted by atomic mass is 15.0. The number of rotatable bonds is 4. The number of pyridine rings is 1. The van der Waals surface area contributed by atoms with E-state index in [-0.39, 0.29) is 0 Å². The average Bonchev–Trinajstić information content (AvgIpc) is 2.37. The Hall–Kier alpha value is -1.97. The van der Waals surface area contributed by atoms with Crippen LogP contribution in [0.1, 0.15) is 18.9 Å². The highest BCUT2D eigenvalue weighted by Gasteiger charge is 2.02. The molecule has 0 unspecified atom stereocenters. The first-order chi connectivity index (χ1) is 8.29. The molecule has 0 aliphatic rings. The van der Waals surface area contributed by atoms with Gasteiger partial charge in [0.15, 0.2) is 0 Å². The van der Waals surface area contributed by atoms with Gasteiger partial charge in [-0.2, -0.15) is 0 Å². The third-order valence-corrected chi connectivity index (χ3v) is 2.39. The number of aryl methyl sites for hydroxylation is 1. The molecule has 0 aliphatic carbocycles. The van der Waals surface area contributed by atoms with Crippen LogP contribution >= 0.6 is 0 Å². The second-order valence-corrected chi connectivity index (χ2v) is 3.97. The van der Waals surface area contributed by atoms with E-state index in [1.807, 2.05) is 25.4 Å². The van der Waals surface area contributed by atoms with Crippen LogP contribution in [0, 0.1) is 6.92 Å². The monoisotopic (exact) mass is 228 g/mol. The predicted octanol–water partition coefficient (Wildman–Crippen LogP) is 2.67. The summed E-state index contributed by atoms with van der Waals surface area (Å²) < 4.78 is 0. The van der Waals surface area contributed by atoms with Crippen molar-refractivity contribution in [1.29, 1.82) is 0 Å². The second-order valence-electron chi connectivity index (χ2n) is 3.97. The van der Waals surface area contributed by atoms with Gasteiger partial charge in [-0.1, -0.05) is 6.92 Å². The zero-order chi connectivity index (χ0) is 12.1. The summed E-state index contributed by atoms with van der Waals surface area (Å²) in [6, 6.07) is 4.02. The van der Waals surface area contributed by atoms with E-state index >= 15 is 0 Å². The molecule has 2 aromatic heterocycles. The van der Waals surface area contributed by atoms with Crippen molar-refractivity contribution in [3.8, 4) is 11.3 Å². The first kappa shape index (κ1) is 11.5. The Bertz CT molecular complexity index is 496.